The van der Waals surface area contributed by atoms with E-state index in [2.05, 4.69) is 40.7 Å². The summed E-state index contributed by atoms with van der Waals surface area (Å²) in [6.07, 6.45) is -44.1. The number of allylic oxidation sites excluding steroid dienone is 2. The van der Waals surface area contributed by atoms with Crippen LogP contribution in [0.3, 0.4) is 0 Å². The lowest BCUT2D eigenvalue weighted by atomic mass is 9.33. The molecule has 5 saturated heterocycles. The summed E-state index contributed by atoms with van der Waals surface area (Å²) in [5.41, 5.74) is -4.58. The summed E-state index contributed by atoms with van der Waals surface area (Å²) in [6, 6.07) is 0. The average Bonchev–Trinajstić information content (AvgIpc) is 0.669. The van der Waals surface area contributed by atoms with Crippen LogP contribution in [0.15, 0.2) is 11.6 Å². The number of hydrogen-bond acceptors (Lipinski definition) is 33. The maximum atomic E-state index is 16.0. The fourth-order valence-electron chi connectivity index (χ4n) is 19.5. The predicted molar refractivity (Wildman–Crippen MR) is 350 cm³/mol. The van der Waals surface area contributed by atoms with E-state index < -0.39 is 279 Å². The molecule has 104 heavy (non-hydrogen) atoms. The van der Waals surface area contributed by atoms with Crippen LogP contribution in [0.4, 0.5) is 0 Å². The largest absolute Gasteiger partial charge is 0.462 e. The lowest BCUT2D eigenvalue weighted by molar-refractivity contribution is -0.380. The number of fused-ring (bicyclic) bond motifs is 7. The average molecular weight is 1500 g/mol. The number of hydrogen-bond donors (Lipinski definition) is 16. The smallest absolute Gasteiger partial charge is 0.317 e. The number of ether oxygens (including phenoxy) is 13. The summed E-state index contributed by atoms with van der Waals surface area (Å²) >= 11 is 0. The van der Waals surface area contributed by atoms with Gasteiger partial charge in [-0.3, -0.25) is 19.2 Å². The second-order valence-electron chi connectivity index (χ2n) is 33.2. The maximum absolute atomic E-state index is 16.0. The summed E-state index contributed by atoms with van der Waals surface area (Å²) in [6.45, 7) is 19.0. The molecule has 0 aromatic heterocycles. The Kier molecular flexibility index (Phi) is 25.4. The van der Waals surface area contributed by atoms with Crippen molar-refractivity contribution < 1.29 is 162 Å². The van der Waals surface area contributed by atoms with E-state index in [1.807, 2.05) is 0 Å². The van der Waals surface area contributed by atoms with E-state index in [1.165, 1.54) is 41.5 Å². The summed E-state index contributed by atoms with van der Waals surface area (Å²) in [5.74, 6) is -4.81. The molecule has 10 aliphatic rings. The highest BCUT2D eigenvalue weighted by molar-refractivity contribution is 5.80. The number of rotatable bonds is 21. The molecule has 5 aliphatic heterocycles. The van der Waals surface area contributed by atoms with Crippen LogP contribution >= 0.6 is 0 Å². The molecule has 0 unspecified atom stereocenters. The number of carbonyl (C=O) groups is 4. The van der Waals surface area contributed by atoms with Gasteiger partial charge in [0.15, 0.2) is 37.4 Å². The molecule has 5 aliphatic carbocycles. The van der Waals surface area contributed by atoms with Gasteiger partial charge in [-0.05, 0) is 132 Å². The van der Waals surface area contributed by atoms with Crippen LogP contribution in [-0.2, 0) is 80.8 Å². The van der Waals surface area contributed by atoms with Gasteiger partial charge in [-0.2, -0.15) is 0 Å². The van der Waals surface area contributed by atoms with E-state index in [1.54, 1.807) is 6.92 Å². The highest BCUT2D eigenvalue weighted by Crippen LogP contribution is 2.76. The zero-order valence-corrected chi connectivity index (χ0v) is 61.1. The molecule has 0 aromatic rings. The number of aliphatic hydroxyl groups is 16. The van der Waals surface area contributed by atoms with Crippen molar-refractivity contribution >= 4 is 23.9 Å². The van der Waals surface area contributed by atoms with Gasteiger partial charge in [-0.25, -0.2) is 0 Å². The lowest BCUT2D eigenvalue weighted by Crippen LogP contribution is -2.70. The SMILES string of the molecule is C[C@H](O)CC(=O)O[C@H](C)CC(=O)O[C@H](C)CC(=O)O[C@@H]1[C@H](O)[C@@H](O[C@@H]2O[C@@H](C)[C@H](O[C@@H]3OC[C@@H](O)[C@H](O[C@@H]4O[C@@H](C)[C@H](O)[C@@H](O)[C@H]4O)[C@H]3O)[C@@H](O)[C@H]2O)[C@H](OC(=O)[C@]23CCC(C)(C)C[C@H]2C2=CC[C@@H]4[C@@]5(C)C[C@H](O)[C@H](O[C@@H]6O[C@H](CO)[C@@H](O)[C@H](O)[C@H]6O)[C@@](C)(CO)[C@@H]5CC[C@@]4(C)[C@]2(C)C[C@H]3O)O[C@@H]1C. The van der Waals surface area contributed by atoms with Crippen molar-refractivity contribution in [1.29, 1.82) is 0 Å². The van der Waals surface area contributed by atoms with Crippen LogP contribution in [0, 0.1) is 50.2 Å². The standard InChI is InChI=1S/C71H114O33/c1-28(74)19-42(78)93-29(2)20-43(79)94-30(3)21-44(80)99-56-33(6)97-64(58(53(56)89)102-62-52(88)49(85)55(32(5)96-62)100-60-54(90)57(37(76)26-92-60)101-61-50(86)47(83)45(81)31(4)95-61)104-65(91)71-18-17-66(7,8)22-35(71)34-13-14-40-67(9)23-36(75)59(103-63-51(87)48(84)46(82)38(25-72)98-63)68(10,27-73)39(67)15-16-69(40,11)70(34,12)24-41(71)77/h13,28-33,35-41,45-64,72-77,81-90H,14-27H2,1-12H3/t28-,29+,30+,31-,32-,33+,35-,36-,37+,38+,39+,40+,41+,45-,46+,47+,48-,49-,50+,51+,52+,53-,54+,55-,56-,57-,58+,59-,60-,61-,62-,63-,64-,67-,68-,69+,70+,71+/m0/s1. The van der Waals surface area contributed by atoms with Crippen molar-refractivity contribution in [2.75, 3.05) is 19.8 Å². The lowest BCUT2D eigenvalue weighted by Gasteiger charge is -2.72. The molecule has 0 radical (unpaired) electrons. The first kappa shape index (κ1) is 83.1. The zero-order chi connectivity index (χ0) is 76.7. The molecule has 596 valence electrons. The van der Waals surface area contributed by atoms with Crippen molar-refractivity contribution in [2.24, 2.45) is 50.2 Å². The van der Waals surface area contributed by atoms with E-state index in [-0.39, 0.29) is 37.5 Å². The van der Waals surface area contributed by atoms with Crippen LogP contribution in [0.5, 0.6) is 0 Å². The van der Waals surface area contributed by atoms with Crippen LogP contribution in [-0.4, -0.2) is 309 Å². The molecule has 4 saturated carbocycles. The molecular formula is C71H114O33. The van der Waals surface area contributed by atoms with E-state index >= 15 is 4.79 Å². The second kappa shape index (κ2) is 31.8. The van der Waals surface area contributed by atoms with Crippen LogP contribution in [0.1, 0.15) is 154 Å². The van der Waals surface area contributed by atoms with Crippen molar-refractivity contribution in [3.63, 3.8) is 0 Å². The number of esters is 4. The fraction of sp³-hybridized carbons (Fsp3) is 0.915. The Morgan fingerprint density at radius 2 is 1.09 bits per heavy atom. The third-order valence-corrected chi connectivity index (χ3v) is 25.4. The summed E-state index contributed by atoms with van der Waals surface area (Å²) in [7, 11) is 0. The van der Waals surface area contributed by atoms with Crippen LogP contribution < -0.4 is 0 Å². The summed E-state index contributed by atoms with van der Waals surface area (Å²) in [5, 5.41) is 179. The molecule has 0 spiro atoms. The topological polar surface area (TPSA) is 512 Å². The molecule has 0 amide bonds. The van der Waals surface area contributed by atoms with Gasteiger partial charge < -0.3 is 143 Å². The predicted octanol–water partition coefficient (Wildman–Crippen LogP) is -2.61. The monoisotopic (exact) mass is 1490 g/mol. The Hall–Kier alpha value is -3.38. The molecule has 5 heterocycles. The summed E-state index contributed by atoms with van der Waals surface area (Å²) < 4.78 is 76.9. The Bertz CT molecular complexity index is 3010. The minimum Gasteiger partial charge on any atom is -0.462 e. The molecule has 33 nitrogen and oxygen atoms in total. The van der Waals surface area contributed by atoms with Crippen LogP contribution in [0.2, 0.25) is 0 Å². The molecule has 33 heteroatoms. The van der Waals surface area contributed by atoms with Crippen LogP contribution in [0.25, 0.3) is 0 Å². The van der Waals surface area contributed by atoms with Gasteiger partial charge in [0.1, 0.15) is 103 Å². The second-order valence-corrected chi connectivity index (χ2v) is 33.2. The van der Waals surface area contributed by atoms with Crippen molar-refractivity contribution in [3.05, 3.63) is 11.6 Å². The van der Waals surface area contributed by atoms with Crippen molar-refractivity contribution in [3.8, 4) is 0 Å². The van der Waals surface area contributed by atoms with Crippen molar-refractivity contribution in [1.82, 2.24) is 0 Å². The molecule has 9 fully saturated rings. The Labute approximate surface area is 603 Å². The highest BCUT2D eigenvalue weighted by atomic mass is 16.8. The van der Waals surface area contributed by atoms with Gasteiger partial charge in [0.05, 0.1) is 81.8 Å². The number of carbonyl (C=O) groups excluding carboxylic acids is 4. The maximum Gasteiger partial charge on any atom is 0.317 e. The first-order valence-electron chi connectivity index (χ1n) is 36.6. The van der Waals surface area contributed by atoms with E-state index in [4.69, 9.17) is 61.6 Å². The van der Waals surface area contributed by atoms with Gasteiger partial charge in [0.2, 0.25) is 6.29 Å². The minimum atomic E-state index is -2.12. The third kappa shape index (κ3) is 15.5. The zero-order valence-electron chi connectivity index (χ0n) is 61.1. The third-order valence-electron chi connectivity index (χ3n) is 25.4. The fourth-order valence-corrected chi connectivity index (χ4v) is 19.5. The van der Waals surface area contributed by atoms with Gasteiger partial charge in [0, 0.05) is 5.41 Å². The number of aliphatic hydroxyl groups excluding tert-OH is 16. The van der Waals surface area contributed by atoms with E-state index in [9.17, 15) is 96.1 Å². The first-order valence-corrected chi connectivity index (χ1v) is 36.6. The first-order chi connectivity index (χ1) is 48.5. The summed E-state index contributed by atoms with van der Waals surface area (Å²) in [4.78, 5) is 54.9. The van der Waals surface area contributed by atoms with E-state index in [0.29, 0.717) is 32.1 Å². The molecule has 10 rings (SSSR count). The van der Waals surface area contributed by atoms with Gasteiger partial charge in [-0.1, -0.05) is 53.2 Å². The van der Waals surface area contributed by atoms with Gasteiger partial charge in [0.25, 0.3) is 0 Å². The molecular weight excluding hydrogens is 1380 g/mol. The van der Waals surface area contributed by atoms with Crippen molar-refractivity contribution in [2.45, 2.75) is 338 Å². The Morgan fingerprint density at radius 3 is 1.71 bits per heavy atom. The molecule has 0 aromatic carbocycles. The van der Waals surface area contributed by atoms with Gasteiger partial charge in [-0.15, -0.1) is 0 Å². The molecule has 16 N–H and O–H groups in total. The quantitative estimate of drug-likeness (QED) is 0.0242. The highest BCUT2D eigenvalue weighted by Gasteiger charge is 2.74. The normalized spacial score (nSPS) is 49.5. The Morgan fingerprint density at radius 1 is 0.529 bits per heavy atom. The van der Waals surface area contributed by atoms with E-state index in [0.717, 1.165) is 5.57 Å². The molecule has 38 atom stereocenters. The molecule has 0 bridgehead atoms. The Balaban J connectivity index is 0.901. The van der Waals surface area contributed by atoms with Gasteiger partial charge >= 0.3 is 23.9 Å². The minimum absolute atomic E-state index is 0.0404.